The molecule has 3 aromatic heterocycles. The minimum absolute atomic E-state index is 0.0403. The summed E-state index contributed by atoms with van der Waals surface area (Å²) in [6.07, 6.45) is 5.91. The topological polar surface area (TPSA) is 84.4 Å². The number of fused-ring (bicyclic) bond motifs is 1. The summed E-state index contributed by atoms with van der Waals surface area (Å²) in [5, 5.41) is 3.40. The molecule has 3 unspecified atom stereocenters. The van der Waals surface area contributed by atoms with Crippen molar-refractivity contribution >= 4 is 33.4 Å². The van der Waals surface area contributed by atoms with Gasteiger partial charge in [0.2, 0.25) is 11.8 Å². The van der Waals surface area contributed by atoms with E-state index < -0.39 is 0 Å². The number of hydrogen-bond acceptors (Lipinski definition) is 7. The summed E-state index contributed by atoms with van der Waals surface area (Å²) in [5.74, 6) is -0.483. The SMILES string of the molecule is CCC1C(=O)N(Cc2cc3nccc(-c4c(C)ccnc4CC4CNCCO4)c3s2)C(=O)C1CC. The maximum atomic E-state index is 13.0. The van der Waals surface area contributed by atoms with Crippen molar-refractivity contribution in [3.8, 4) is 11.1 Å². The van der Waals surface area contributed by atoms with E-state index in [0.29, 0.717) is 26.0 Å². The fourth-order valence-corrected chi connectivity index (χ4v) is 6.57. The number of nitrogens with zero attached hydrogens (tertiary/aromatic N) is 3. The van der Waals surface area contributed by atoms with Gasteiger partial charge in [0.25, 0.3) is 0 Å². The number of amides is 2. The molecule has 0 bridgehead atoms. The predicted molar refractivity (Wildman–Crippen MR) is 137 cm³/mol. The molecule has 35 heavy (non-hydrogen) atoms. The third-order valence-electron chi connectivity index (χ3n) is 7.24. The quantitative estimate of drug-likeness (QED) is 0.500. The largest absolute Gasteiger partial charge is 0.375 e. The minimum Gasteiger partial charge on any atom is -0.375 e. The number of aromatic nitrogens is 2. The molecule has 5 rings (SSSR count). The number of imide groups is 1. The molecule has 3 aromatic rings. The van der Waals surface area contributed by atoms with E-state index >= 15 is 0 Å². The lowest BCUT2D eigenvalue weighted by atomic mass is 9.91. The Bertz CT molecular complexity index is 1230. The average Bonchev–Trinajstić information content (AvgIpc) is 3.38. The molecule has 7 nitrogen and oxygen atoms in total. The summed E-state index contributed by atoms with van der Waals surface area (Å²) in [7, 11) is 0. The average molecular weight is 493 g/mol. The summed E-state index contributed by atoms with van der Waals surface area (Å²) >= 11 is 1.61. The van der Waals surface area contributed by atoms with E-state index in [-0.39, 0.29) is 29.8 Å². The van der Waals surface area contributed by atoms with Crippen molar-refractivity contribution in [2.75, 3.05) is 19.7 Å². The molecular formula is C27H32N4O3S. The summed E-state index contributed by atoms with van der Waals surface area (Å²) in [6, 6.07) is 6.10. The molecule has 5 heterocycles. The van der Waals surface area contributed by atoms with Gasteiger partial charge < -0.3 is 10.1 Å². The van der Waals surface area contributed by atoms with E-state index in [9.17, 15) is 9.59 Å². The zero-order valence-corrected chi connectivity index (χ0v) is 21.4. The van der Waals surface area contributed by atoms with Gasteiger partial charge in [-0.3, -0.25) is 24.5 Å². The molecule has 0 radical (unpaired) electrons. The van der Waals surface area contributed by atoms with Gasteiger partial charge in [-0.15, -0.1) is 11.3 Å². The molecule has 0 saturated carbocycles. The Kier molecular flexibility index (Phi) is 6.95. The Morgan fingerprint density at radius 1 is 1.11 bits per heavy atom. The van der Waals surface area contributed by atoms with Crippen molar-refractivity contribution in [1.82, 2.24) is 20.2 Å². The van der Waals surface area contributed by atoms with Crippen LogP contribution in [0.2, 0.25) is 0 Å². The molecule has 0 spiro atoms. The molecule has 184 valence electrons. The van der Waals surface area contributed by atoms with Crippen LogP contribution in [-0.4, -0.2) is 52.5 Å². The van der Waals surface area contributed by atoms with Crippen molar-refractivity contribution < 1.29 is 14.3 Å². The van der Waals surface area contributed by atoms with Crippen LogP contribution in [0.5, 0.6) is 0 Å². The summed E-state index contributed by atoms with van der Waals surface area (Å²) in [6.45, 7) is 8.81. The van der Waals surface area contributed by atoms with Gasteiger partial charge in [-0.05, 0) is 43.5 Å². The van der Waals surface area contributed by atoms with Crippen molar-refractivity contribution in [2.45, 2.75) is 52.7 Å². The highest BCUT2D eigenvalue weighted by Crippen LogP contribution is 2.39. The van der Waals surface area contributed by atoms with Gasteiger partial charge in [0.1, 0.15) is 0 Å². The Morgan fingerprint density at radius 2 is 1.86 bits per heavy atom. The van der Waals surface area contributed by atoms with Crippen LogP contribution in [0.4, 0.5) is 0 Å². The Hall–Kier alpha value is -2.68. The zero-order valence-electron chi connectivity index (χ0n) is 20.5. The Balaban J connectivity index is 1.49. The molecule has 2 aliphatic heterocycles. The number of thiophene rings is 1. The fourth-order valence-electron chi connectivity index (χ4n) is 5.45. The molecule has 2 fully saturated rings. The van der Waals surface area contributed by atoms with Gasteiger partial charge in [0, 0.05) is 59.7 Å². The number of aryl methyl sites for hydroxylation is 1. The van der Waals surface area contributed by atoms with Gasteiger partial charge in [0.05, 0.1) is 35.2 Å². The zero-order chi connectivity index (χ0) is 24.5. The van der Waals surface area contributed by atoms with E-state index in [4.69, 9.17) is 9.72 Å². The first-order valence-electron chi connectivity index (χ1n) is 12.5. The first kappa shape index (κ1) is 24.0. The molecule has 2 saturated heterocycles. The van der Waals surface area contributed by atoms with Crippen molar-refractivity contribution in [2.24, 2.45) is 11.8 Å². The smallest absolute Gasteiger partial charge is 0.233 e. The number of morpholine rings is 1. The second-order valence-corrected chi connectivity index (χ2v) is 10.6. The highest BCUT2D eigenvalue weighted by molar-refractivity contribution is 7.19. The standard InChI is InChI=1S/C27H32N4O3S/c1-4-19-20(5-2)27(33)31(26(19)32)15-18-13-23-25(35-18)21(7-9-30-23)24-16(3)6-8-29-22(24)12-17-14-28-10-11-34-17/h6-9,13,17,19-20,28H,4-5,10-12,14-15H2,1-3H3. The van der Waals surface area contributed by atoms with Gasteiger partial charge >= 0.3 is 0 Å². The minimum atomic E-state index is -0.201. The van der Waals surface area contributed by atoms with Crippen molar-refractivity contribution in [1.29, 1.82) is 0 Å². The lowest BCUT2D eigenvalue weighted by molar-refractivity contribution is -0.140. The number of ether oxygens (including phenoxy) is 1. The third-order valence-corrected chi connectivity index (χ3v) is 8.38. The van der Waals surface area contributed by atoms with Crippen LogP contribution in [0, 0.1) is 18.8 Å². The summed E-state index contributed by atoms with van der Waals surface area (Å²) in [4.78, 5) is 37.7. The Morgan fingerprint density at radius 3 is 2.54 bits per heavy atom. The lowest BCUT2D eigenvalue weighted by Gasteiger charge is -2.24. The number of hydrogen-bond donors (Lipinski definition) is 1. The van der Waals surface area contributed by atoms with E-state index in [0.717, 1.165) is 57.0 Å². The fraction of sp³-hybridized carbons (Fsp3) is 0.481. The van der Waals surface area contributed by atoms with Crippen LogP contribution >= 0.6 is 11.3 Å². The first-order valence-corrected chi connectivity index (χ1v) is 13.3. The van der Waals surface area contributed by atoms with E-state index in [2.05, 4.69) is 17.2 Å². The van der Waals surface area contributed by atoms with Gasteiger partial charge in [0.15, 0.2) is 0 Å². The molecule has 0 aromatic carbocycles. The maximum absolute atomic E-state index is 13.0. The van der Waals surface area contributed by atoms with Crippen LogP contribution in [0.1, 0.15) is 42.8 Å². The second-order valence-electron chi connectivity index (χ2n) is 9.43. The molecule has 2 amide bonds. The first-order chi connectivity index (χ1) is 17.0. The summed E-state index contributed by atoms with van der Waals surface area (Å²) in [5.41, 5.74) is 5.26. The normalized spacial score (nSPS) is 22.9. The number of nitrogens with one attached hydrogen (secondary N) is 1. The molecular weight excluding hydrogens is 460 g/mol. The van der Waals surface area contributed by atoms with Crippen LogP contribution in [0.3, 0.4) is 0 Å². The Labute approximate surface area is 209 Å². The highest BCUT2D eigenvalue weighted by Gasteiger charge is 2.45. The number of likely N-dealkylation sites (tertiary alicyclic amines) is 1. The molecule has 8 heteroatoms. The van der Waals surface area contributed by atoms with Crippen molar-refractivity contribution in [3.63, 3.8) is 0 Å². The van der Waals surface area contributed by atoms with Gasteiger partial charge in [-0.1, -0.05) is 13.8 Å². The van der Waals surface area contributed by atoms with Gasteiger partial charge in [-0.2, -0.15) is 0 Å². The van der Waals surface area contributed by atoms with Gasteiger partial charge in [-0.25, -0.2) is 0 Å². The van der Waals surface area contributed by atoms with Crippen molar-refractivity contribution in [3.05, 3.63) is 46.7 Å². The summed E-state index contributed by atoms with van der Waals surface area (Å²) < 4.78 is 7.01. The number of pyridine rings is 2. The van der Waals surface area contributed by atoms with Crippen LogP contribution in [0.25, 0.3) is 21.3 Å². The monoisotopic (exact) mass is 492 g/mol. The molecule has 3 atom stereocenters. The molecule has 2 aliphatic rings. The highest BCUT2D eigenvalue weighted by atomic mass is 32.1. The number of rotatable bonds is 7. The third kappa shape index (κ3) is 4.50. The lowest BCUT2D eigenvalue weighted by Crippen LogP contribution is -2.39. The van der Waals surface area contributed by atoms with Crippen LogP contribution in [-0.2, 0) is 27.3 Å². The van der Waals surface area contributed by atoms with Crippen LogP contribution in [0.15, 0.2) is 30.6 Å². The van der Waals surface area contributed by atoms with E-state index in [1.54, 1.807) is 11.3 Å². The van der Waals surface area contributed by atoms with E-state index in [1.807, 2.05) is 44.4 Å². The van der Waals surface area contributed by atoms with Crippen LogP contribution < -0.4 is 5.32 Å². The maximum Gasteiger partial charge on any atom is 0.233 e. The molecule has 1 N–H and O–H groups in total. The number of carbonyl (C=O) groups is 2. The molecule has 0 aliphatic carbocycles. The predicted octanol–water partition coefficient (Wildman–Crippen LogP) is 4.12. The van der Waals surface area contributed by atoms with E-state index in [1.165, 1.54) is 4.90 Å². The number of carbonyl (C=O) groups excluding carboxylic acids is 2. The second kappa shape index (κ2) is 10.1.